The number of aryl methyl sites for hydroxylation is 1. The van der Waals surface area contributed by atoms with Crippen LogP contribution in [0.25, 0.3) is 10.8 Å². The number of amides is 2. The van der Waals surface area contributed by atoms with Crippen LogP contribution in [0.15, 0.2) is 60.7 Å². The van der Waals surface area contributed by atoms with Gasteiger partial charge >= 0.3 is 0 Å². The minimum absolute atomic E-state index is 0.0100. The van der Waals surface area contributed by atoms with Gasteiger partial charge in [0.1, 0.15) is 6.04 Å². The Morgan fingerprint density at radius 1 is 0.970 bits per heavy atom. The van der Waals surface area contributed by atoms with Gasteiger partial charge in [-0.05, 0) is 60.7 Å². The normalized spacial score (nSPS) is 12.1. The minimum atomic E-state index is -0.568. The first kappa shape index (κ1) is 25.1. The zero-order valence-electron chi connectivity index (χ0n) is 19.3. The molecular weight excluding hydrogens is 455 g/mol. The van der Waals surface area contributed by atoms with Gasteiger partial charge in [0, 0.05) is 19.0 Å². The smallest absolute Gasteiger partial charge is 0.243 e. The van der Waals surface area contributed by atoms with E-state index in [0.717, 1.165) is 21.9 Å². The number of halogens is 2. The summed E-state index contributed by atoms with van der Waals surface area (Å²) < 4.78 is 0. The first-order valence-electron chi connectivity index (χ1n) is 11.3. The minimum Gasteiger partial charge on any atom is -0.352 e. The molecule has 3 aromatic rings. The standard InChI is InChI=1S/C27H30Cl2N2O2/c1-4-25(27(33)30-18(2)3)31(17-19-12-14-23(28)24(29)16-19)26(32)15-13-21-10-7-9-20-8-5-6-11-22(20)21/h5-12,14,16,18,25H,4,13,15,17H2,1-3H3,(H,30,33). The monoisotopic (exact) mass is 484 g/mol. The lowest BCUT2D eigenvalue weighted by molar-refractivity contribution is -0.141. The molecule has 1 atom stereocenters. The molecule has 174 valence electrons. The summed E-state index contributed by atoms with van der Waals surface area (Å²) in [5, 5.41) is 6.14. The molecular formula is C27H30Cl2N2O2. The molecule has 0 aliphatic rings. The number of nitrogens with zero attached hydrogens (tertiary/aromatic N) is 1. The van der Waals surface area contributed by atoms with E-state index in [1.54, 1.807) is 17.0 Å². The number of nitrogens with one attached hydrogen (secondary N) is 1. The Bertz CT molecular complexity index is 1120. The van der Waals surface area contributed by atoms with Crippen LogP contribution in [-0.4, -0.2) is 28.8 Å². The van der Waals surface area contributed by atoms with E-state index in [-0.39, 0.29) is 24.4 Å². The van der Waals surface area contributed by atoms with E-state index in [1.807, 2.05) is 45.0 Å². The van der Waals surface area contributed by atoms with E-state index in [4.69, 9.17) is 23.2 Å². The molecule has 3 rings (SSSR count). The van der Waals surface area contributed by atoms with Crippen LogP contribution < -0.4 is 5.32 Å². The summed E-state index contributed by atoms with van der Waals surface area (Å²) in [4.78, 5) is 28.1. The summed E-state index contributed by atoms with van der Waals surface area (Å²) in [5.41, 5.74) is 1.95. The maximum Gasteiger partial charge on any atom is 0.243 e. The highest BCUT2D eigenvalue weighted by Gasteiger charge is 2.29. The molecule has 2 amide bonds. The van der Waals surface area contributed by atoms with Crippen molar-refractivity contribution in [3.05, 3.63) is 81.8 Å². The van der Waals surface area contributed by atoms with Crippen LogP contribution in [0.4, 0.5) is 0 Å². The summed E-state index contributed by atoms with van der Waals surface area (Å²) in [5.74, 6) is -0.217. The molecule has 0 fully saturated rings. The van der Waals surface area contributed by atoms with Crippen molar-refractivity contribution in [2.45, 2.75) is 58.7 Å². The summed E-state index contributed by atoms with van der Waals surface area (Å²) in [7, 11) is 0. The van der Waals surface area contributed by atoms with E-state index >= 15 is 0 Å². The average Bonchev–Trinajstić information content (AvgIpc) is 2.79. The van der Waals surface area contributed by atoms with E-state index < -0.39 is 6.04 Å². The lowest BCUT2D eigenvalue weighted by Gasteiger charge is -2.31. The molecule has 1 N–H and O–H groups in total. The van der Waals surface area contributed by atoms with Crippen LogP contribution >= 0.6 is 23.2 Å². The summed E-state index contributed by atoms with van der Waals surface area (Å²) in [6.45, 7) is 6.03. The van der Waals surface area contributed by atoms with Gasteiger partial charge in [-0.1, -0.05) is 78.7 Å². The quantitative estimate of drug-likeness (QED) is 0.381. The third-order valence-corrected chi connectivity index (χ3v) is 6.38. The second-order valence-electron chi connectivity index (χ2n) is 8.50. The molecule has 0 spiro atoms. The van der Waals surface area contributed by atoms with Crippen molar-refractivity contribution in [3.63, 3.8) is 0 Å². The molecule has 0 aromatic heterocycles. The molecule has 0 aliphatic carbocycles. The Morgan fingerprint density at radius 2 is 1.70 bits per heavy atom. The SMILES string of the molecule is CCC(C(=O)NC(C)C)N(Cc1ccc(Cl)c(Cl)c1)C(=O)CCc1cccc2ccccc12. The predicted octanol–water partition coefficient (Wildman–Crippen LogP) is 6.41. The van der Waals surface area contributed by atoms with Gasteiger partial charge in [-0.2, -0.15) is 0 Å². The number of hydrogen-bond donors (Lipinski definition) is 1. The molecule has 0 heterocycles. The Balaban J connectivity index is 1.85. The van der Waals surface area contributed by atoms with Crippen molar-refractivity contribution >= 4 is 45.8 Å². The van der Waals surface area contributed by atoms with Crippen molar-refractivity contribution in [2.75, 3.05) is 0 Å². The summed E-state index contributed by atoms with van der Waals surface area (Å²) in [6, 6.07) is 19.0. The van der Waals surface area contributed by atoms with Gasteiger partial charge in [-0.25, -0.2) is 0 Å². The van der Waals surface area contributed by atoms with Crippen LogP contribution in [0.2, 0.25) is 10.0 Å². The van der Waals surface area contributed by atoms with E-state index in [9.17, 15) is 9.59 Å². The first-order chi connectivity index (χ1) is 15.8. The number of carbonyl (C=O) groups excluding carboxylic acids is 2. The maximum absolute atomic E-state index is 13.5. The van der Waals surface area contributed by atoms with Gasteiger partial charge in [0.15, 0.2) is 0 Å². The third kappa shape index (κ3) is 6.49. The topological polar surface area (TPSA) is 49.4 Å². The van der Waals surface area contributed by atoms with Crippen molar-refractivity contribution in [3.8, 4) is 0 Å². The molecule has 0 aliphatic heterocycles. The summed E-state index contributed by atoms with van der Waals surface area (Å²) >= 11 is 12.3. The highest BCUT2D eigenvalue weighted by atomic mass is 35.5. The van der Waals surface area contributed by atoms with Crippen molar-refractivity contribution < 1.29 is 9.59 Å². The Labute approximate surface area is 205 Å². The van der Waals surface area contributed by atoms with Gasteiger partial charge in [-0.3, -0.25) is 9.59 Å². The number of benzene rings is 3. The van der Waals surface area contributed by atoms with Crippen molar-refractivity contribution in [2.24, 2.45) is 0 Å². The largest absolute Gasteiger partial charge is 0.352 e. The van der Waals surface area contributed by atoms with Gasteiger partial charge in [0.25, 0.3) is 0 Å². The molecule has 33 heavy (non-hydrogen) atoms. The number of fused-ring (bicyclic) bond motifs is 1. The third-order valence-electron chi connectivity index (χ3n) is 5.64. The molecule has 4 nitrogen and oxygen atoms in total. The maximum atomic E-state index is 13.5. The molecule has 6 heteroatoms. The Kier molecular flexibility index (Phi) is 8.76. The molecule has 0 saturated heterocycles. The average molecular weight is 485 g/mol. The Hall–Kier alpha value is -2.56. The molecule has 3 aromatic carbocycles. The number of carbonyl (C=O) groups is 2. The zero-order chi connectivity index (χ0) is 24.0. The fourth-order valence-electron chi connectivity index (χ4n) is 4.03. The summed E-state index contributed by atoms with van der Waals surface area (Å²) in [6.07, 6.45) is 1.42. The van der Waals surface area contributed by atoms with Gasteiger partial charge in [-0.15, -0.1) is 0 Å². The number of hydrogen-bond acceptors (Lipinski definition) is 2. The highest BCUT2D eigenvalue weighted by molar-refractivity contribution is 6.42. The fourth-order valence-corrected chi connectivity index (χ4v) is 4.35. The lowest BCUT2D eigenvalue weighted by atomic mass is 10.00. The lowest BCUT2D eigenvalue weighted by Crippen LogP contribution is -2.50. The van der Waals surface area contributed by atoms with Crippen LogP contribution in [0.1, 0.15) is 44.7 Å². The van der Waals surface area contributed by atoms with Crippen LogP contribution in [0.5, 0.6) is 0 Å². The van der Waals surface area contributed by atoms with Gasteiger partial charge in [0.2, 0.25) is 11.8 Å². The molecule has 0 radical (unpaired) electrons. The second-order valence-corrected chi connectivity index (χ2v) is 9.31. The van der Waals surface area contributed by atoms with Crippen molar-refractivity contribution in [1.82, 2.24) is 10.2 Å². The van der Waals surface area contributed by atoms with E-state index in [1.165, 1.54) is 0 Å². The molecule has 0 saturated carbocycles. The number of rotatable bonds is 9. The van der Waals surface area contributed by atoms with E-state index in [0.29, 0.717) is 29.3 Å². The van der Waals surface area contributed by atoms with E-state index in [2.05, 4.69) is 29.6 Å². The first-order valence-corrected chi connectivity index (χ1v) is 12.1. The van der Waals surface area contributed by atoms with Gasteiger partial charge in [0.05, 0.1) is 10.0 Å². The van der Waals surface area contributed by atoms with Gasteiger partial charge < -0.3 is 10.2 Å². The highest BCUT2D eigenvalue weighted by Crippen LogP contribution is 2.25. The molecule has 0 bridgehead atoms. The second kappa shape index (κ2) is 11.5. The van der Waals surface area contributed by atoms with Crippen molar-refractivity contribution in [1.29, 1.82) is 0 Å². The fraction of sp³-hybridized carbons (Fsp3) is 0.333. The Morgan fingerprint density at radius 3 is 2.39 bits per heavy atom. The van der Waals surface area contributed by atoms with Crippen LogP contribution in [0.3, 0.4) is 0 Å². The predicted molar refractivity (Wildman–Crippen MR) is 137 cm³/mol. The molecule has 1 unspecified atom stereocenters. The van der Waals surface area contributed by atoms with Crippen LogP contribution in [-0.2, 0) is 22.6 Å². The zero-order valence-corrected chi connectivity index (χ0v) is 20.8. The van der Waals surface area contributed by atoms with Crippen LogP contribution in [0, 0.1) is 0 Å².